The van der Waals surface area contributed by atoms with E-state index in [1.165, 1.54) is 49.9 Å². The van der Waals surface area contributed by atoms with Crippen LogP contribution < -0.4 is 5.32 Å². The molecule has 2 N–H and O–H groups in total. The lowest BCUT2D eigenvalue weighted by atomic mass is 9.72. The van der Waals surface area contributed by atoms with Crippen molar-refractivity contribution >= 4 is 0 Å². The number of H-pyrrole nitrogens is 1. The first-order chi connectivity index (χ1) is 11.4. The van der Waals surface area contributed by atoms with E-state index in [4.69, 9.17) is 0 Å². The number of nitrogens with zero attached hydrogens (tertiary/aromatic N) is 1. The Morgan fingerprint density at radius 1 is 1.13 bits per heavy atom. The molecule has 3 heteroatoms. The first-order valence-electron chi connectivity index (χ1n) is 9.13. The molecule has 1 aliphatic carbocycles. The number of aryl methyl sites for hydroxylation is 1. The van der Waals surface area contributed by atoms with Crippen LogP contribution in [0.4, 0.5) is 0 Å². The van der Waals surface area contributed by atoms with E-state index in [-0.39, 0.29) is 0 Å². The molecule has 4 atom stereocenters. The molecule has 23 heavy (non-hydrogen) atoms. The third-order valence-electron chi connectivity index (χ3n) is 5.96. The summed E-state index contributed by atoms with van der Waals surface area (Å²) in [6.45, 7) is 1.21. The molecule has 1 saturated heterocycles. The lowest BCUT2D eigenvalue weighted by molar-refractivity contribution is 0.204. The van der Waals surface area contributed by atoms with Crippen LogP contribution in [0.1, 0.15) is 36.9 Å². The van der Waals surface area contributed by atoms with Crippen LogP contribution in [-0.2, 0) is 12.8 Å². The Morgan fingerprint density at radius 3 is 2.87 bits per heavy atom. The van der Waals surface area contributed by atoms with Crippen LogP contribution in [0.3, 0.4) is 0 Å². The normalized spacial score (nSPS) is 30.3. The fourth-order valence-corrected chi connectivity index (χ4v) is 4.74. The number of rotatable bonds is 5. The number of aromatic nitrogens is 2. The van der Waals surface area contributed by atoms with Crippen molar-refractivity contribution in [1.82, 2.24) is 15.3 Å². The Morgan fingerprint density at radius 2 is 2.04 bits per heavy atom. The quantitative estimate of drug-likeness (QED) is 0.886. The summed E-state index contributed by atoms with van der Waals surface area (Å²) in [5.74, 6) is 2.58. The zero-order chi connectivity index (χ0) is 15.5. The molecule has 3 nitrogen and oxygen atoms in total. The summed E-state index contributed by atoms with van der Waals surface area (Å²) in [5, 5.41) is 3.80. The maximum Gasteiger partial charge on any atom is 0.0921 e. The fourth-order valence-electron chi connectivity index (χ4n) is 4.74. The summed E-state index contributed by atoms with van der Waals surface area (Å²) in [6.07, 6.45) is 11.6. The summed E-state index contributed by atoms with van der Waals surface area (Å²) < 4.78 is 0. The van der Waals surface area contributed by atoms with E-state index in [9.17, 15) is 0 Å². The highest BCUT2D eigenvalue weighted by atomic mass is 15.0. The molecule has 2 heterocycles. The zero-order valence-corrected chi connectivity index (χ0v) is 13.7. The van der Waals surface area contributed by atoms with Gasteiger partial charge >= 0.3 is 0 Å². The maximum absolute atomic E-state index is 4.14. The Balaban J connectivity index is 1.35. The van der Waals surface area contributed by atoms with Crippen molar-refractivity contribution in [1.29, 1.82) is 0 Å². The average molecular weight is 309 g/mol. The highest BCUT2D eigenvalue weighted by molar-refractivity contribution is 5.15. The molecule has 2 fully saturated rings. The van der Waals surface area contributed by atoms with Gasteiger partial charge in [0.25, 0.3) is 0 Å². The van der Waals surface area contributed by atoms with Gasteiger partial charge in [-0.2, -0.15) is 0 Å². The predicted octanol–water partition coefficient (Wildman–Crippen LogP) is 3.59. The van der Waals surface area contributed by atoms with Gasteiger partial charge in [0.1, 0.15) is 0 Å². The van der Waals surface area contributed by atoms with Gasteiger partial charge < -0.3 is 10.3 Å². The van der Waals surface area contributed by atoms with Gasteiger partial charge in [-0.1, -0.05) is 30.3 Å². The second kappa shape index (κ2) is 6.88. The minimum absolute atomic E-state index is 0.772. The molecule has 2 aromatic rings. The van der Waals surface area contributed by atoms with E-state index in [2.05, 4.69) is 45.6 Å². The number of benzene rings is 1. The molecule has 0 bridgehead atoms. The number of fused-ring (bicyclic) bond motifs is 1. The van der Waals surface area contributed by atoms with Crippen LogP contribution in [0.5, 0.6) is 0 Å². The maximum atomic E-state index is 4.14. The highest BCUT2D eigenvalue weighted by Crippen LogP contribution is 2.40. The number of hydrogen-bond acceptors (Lipinski definition) is 2. The average Bonchev–Trinajstić information content (AvgIpc) is 3.23. The van der Waals surface area contributed by atoms with E-state index in [0.29, 0.717) is 0 Å². The van der Waals surface area contributed by atoms with Crippen molar-refractivity contribution in [3.63, 3.8) is 0 Å². The van der Waals surface area contributed by atoms with Crippen LogP contribution in [-0.4, -0.2) is 22.6 Å². The summed E-state index contributed by atoms with van der Waals surface area (Å²) in [5.41, 5.74) is 2.79. The number of nitrogens with one attached hydrogen (secondary N) is 2. The summed E-state index contributed by atoms with van der Waals surface area (Å²) in [4.78, 5) is 7.38. The number of hydrogen-bond donors (Lipinski definition) is 2. The van der Waals surface area contributed by atoms with E-state index < -0.39 is 0 Å². The molecule has 0 amide bonds. The van der Waals surface area contributed by atoms with Gasteiger partial charge in [-0.25, -0.2) is 4.98 Å². The van der Waals surface area contributed by atoms with E-state index in [1.807, 2.05) is 6.20 Å². The summed E-state index contributed by atoms with van der Waals surface area (Å²) >= 11 is 0. The van der Waals surface area contributed by atoms with Gasteiger partial charge in [0.15, 0.2) is 0 Å². The molecule has 1 aliphatic heterocycles. The Hall–Kier alpha value is -1.61. The molecule has 1 saturated carbocycles. The number of aromatic amines is 1. The Labute approximate surface area is 138 Å². The second-order valence-corrected chi connectivity index (χ2v) is 7.42. The second-order valence-electron chi connectivity index (χ2n) is 7.42. The molecule has 122 valence electrons. The molecule has 1 aromatic carbocycles. The zero-order valence-electron chi connectivity index (χ0n) is 13.7. The van der Waals surface area contributed by atoms with Gasteiger partial charge in [0.2, 0.25) is 0 Å². The molecule has 1 aromatic heterocycles. The van der Waals surface area contributed by atoms with E-state index in [1.54, 1.807) is 6.33 Å². The minimum atomic E-state index is 0.772. The standard InChI is InChI=1S/C20H27N3/c1-2-4-15(5-3-1)10-16-6-9-20-19(11-16)17(12-22-20)7-8-18-13-21-14-23-18/h1-5,13-14,16-17,19-20,22H,6-12H2,(H,21,23)/t16?,17-,19+,20+/m0/s1. The summed E-state index contributed by atoms with van der Waals surface area (Å²) in [7, 11) is 0. The third kappa shape index (κ3) is 3.50. The van der Waals surface area contributed by atoms with Gasteiger partial charge in [-0.3, -0.25) is 0 Å². The monoisotopic (exact) mass is 309 g/mol. The molecule has 1 unspecified atom stereocenters. The van der Waals surface area contributed by atoms with Crippen molar-refractivity contribution in [3.05, 3.63) is 54.1 Å². The lowest BCUT2D eigenvalue weighted by Crippen LogP contribution is -2.34. The predicted molar refractivity (Wildman–Crippen MR) is 93.2 cm³/mol. The molecule has 4 rings (SSSR count). The minimum Gasteiger partial charge on any atom is -0.348 e. The Kier molecular flexibility index (Phi) is 4.47. The SMILES string of the molecule is c1ccc(CC2CC[C@H]3NC[C@H](CCc4cnc[nH]4)[C@H]3C2)cc1. The summed E-state index contributed by atoms with van der Waals surface area (Å²) in [6, 6.07) is 11.8. The topological polar surface area (TPSA) is 40.7 Å². The lowest BCUT2D eigenvalue weighted by Gasteiger charge is -2.34. The van der Waals surface area contributed by atoms with Gasteiger partial charge in [-0.05, 0) is 68.4 Å². The Bertz CT molecular complexity index is 593. The van der Waals surface area contributed by atoms with E-state index >= 15 is 0 Å². The van der Waals surface area contributed by atoms with E-state index in [0.717, 1.165) is 30.2 Å². The highest BCUT2D eigenvalue weighted by Gasteiger charge is 2.39. The van der Waals surface area contributed by atoms with Gasteiger partial charge in [0.05, 0.1) is 6.33 Å². The van der Waals surface area contributed by atoms with Crippen LogP contribution in [0.2, 0.25) is 0 Å². The van der Waals surface area contributed by atoms with Crippen molar-refractivity contribution in [2.75, 3.05) is 6.54 Å². The molecular formula is C20H27N3. The van der Waals surface area contributed by atoms with Crippen molar-refractivity contribution in [2.45, 2.75) is 44.6 Å². The smallest absolute Gasteiger partial charge is 0.0921 e. The largest absolute Gasteiger partial charge is 0.348 e. The first-order valence-corrected chi connectivity index (χ1v) is 9.13. The van der Waals surface area contributed by atoms with Crippen LogP contribution in [0.15, 0.2) is 42.9 Å². The fraction of sp³-hybridized carbons (Fsp3) is 0.550. The first kappa shape index (κ1) is 14.9. The molecular weight excluding hydrogens is 282 g/mol. The van der Waals surface area contributed by atoms with Crippen molar-refractivity contribution < 1.29 is 0 Å². The molecule has 0 spiro atoms. The van der Waals surface area contributed by atoms with Crippen molar-refractivity contribution in [2.24, 2.45) is 17.8 Å². The van der Waals surface area contributed by atoms with Gasteiger partial charge in [-0.15, -0.1) is 0 Å². The van der Waals surface area contributed by atoms with Gasteiger partial charge in [0, 0.05) is 17.9 Å². The number of imidazole rings is 1. The van der Waals surface area contributed by atoms with Crippen LogP contribution >= 0.6 is 0 Å². The van der Waals surface area contributed by atoms with Crippen molar-refractivity contribution in [3.8, 4) is 0 Å². The third-order valence-corrected chi connectivity index (χ3v) is 5.96. The molecule has 2 aliphatic rings. The van der Waals surface area contributed by atoms with Crippen LogP contribution in [0, 0.1) is 17.8 Å². The molecule has 0 radical (unpaired) electrons. The van der Waals surface area contributed by atoms with Crippen LogP contribution in [0.25, 0.3) is 0 Å².